The fourth-order valence-electron chi connectivity index (χ4n) is 2.96. The van der Waals surface area contributed by atoms with E-state index in [1.807, 2.05) is 0 Å². The molecule has 20 heavy (non-hydrogen) atoms. The lowest BCUT2D eigenvalue weighted by molar-refractivity contribution is 0.0936. The highest BCUT2D eigenvalue weighted by Crippen LogP contribution is 2.30. The minimum absolute atomic E-state index is 0.124. The molecule has 4 heteroatoms. The minimum Gasteiger partial charge on any atom is -0.352 e. The van der Waals surface area contributed by atoms with E-state index in [0.29, 0.717) is 35.4 Å². The van der Waals surface area contributed by atoms with E-state index >= 15 is 0 Å². The molecular weight excluding hydrogens is 277 g/mol. The Morgan fingerprint density at radius 2 is 2.05 bits per heavy atom. The molecule has 1 aliphatic rings. The maximum Gasteiger partial charge on any atom is 0.251 e. The van der Waals surface area contributed by atoms with Crippen molar-refractivity contribution < 1.29 is 9.18 Å². The van der Waals surface area contributed by atoms with Crippen LogP contribution in [0.1, 0.15) is 41.6 Å². The van der Waals surface area contributed by atoms with Crippen molar-refractivity contribution >= 4 is 17.5 Å². The third-order valence-electron chi connectivity index (χ3n) is 4.22. The van der Waals surface area contributed by atoms with Gasteiger partial charge in [0.1, 0.15) is 5.82 Å². The van der Waals surface area contributed by atoms with Gasteiger partial charge in [0.15, 0.2) is 0 Å². The first-order chi connectivity index (χ1) is 9.61. The van der Waals surface area contributed by atoms with Crippen LogP contribution in [0.2, 0.25) is 0 Å². The van der Waals surface area contributed by atoms with Crippen LogP contribution >= 0.6 is 11.6 Å². The van der Waals surface area contributed by atoms with Crippen LogP contribution in [-0.2, 0) is 0 Å². The molecule has 0 bridgehead atoms. The topological polar surface area (TPSA) is 29.1 Å². The zero-order valence-electron chi connectivity index (χ0n) is 11.8. The van der Waals surface area contributed by atoms with E-state index < -0.39 is 0 Å². The Hall–Kier alpha value is -1.09. The van der Waals surface area contributed by atoms with Crippen molar-refractivity contribution in [2.45, 2.75) is 32.6 Å². The third-order valence-corrected chi connectivity index (χ3v) is 4.62. The first kappa shape index (κ1) is 15.3. The Labute approximate surface area is 124 Å². The van der Waals surface area contributed by atoms with Gasteiger partial charge in [-0.3, -0.25) is 4.79 Å². The van der Waals surface area contributed by atoms with Crippen LogP contribution < -0.4 is 5.32 Å². The highest BCUT2D eigenvalue weighted by atomic mass is 35.5. The second kappa shape index (κ2) is 7.07. The molecule has 1 aromatic rings. The fourth-order valence-corrected chi connectivity index (χ4v) is 3.36. The van der Waals surface area contributed by atoms with Gasteiger partial charge in [-0.1, -0.05) is 12.8 Å². The first-order valence-corrected chi connectivity index (χ1v) is 7.75. The summed E-state index contributed by atoms with van der Waals surface area (Å²) in [6, 6.07) is 4.25. The normalized spacial score (nSPS) is 22.6. The average Bonchev–Trinajstić information content (AvgIpc) is 2.45. The molecule has 1 aromatic carbocycles. The zero-order valence-corrected chi connectivity index (χ0v) is 12.5. The standard InChI is InChI=1S/C16H21ClFNO/c1-11-8-14(18)6-7-15(11)16(20)19-10-13-5-3-2-4-12(13)9-17/h6-8,12-13H,2-5,9-10H2,1H3,(H,19,20). The van der Waals surface area contributed by atoms with Crippen molar-refractivity contribution in [3.05, 3.63) is 35.1 Å². The largest absolute Gasteiger partial charge is 0.352 e. The molecule has 0 radical (unpaired) electrons. The van der Waals surface area contributed by atoms with Crippen molar-refractivity contribution in [3.8, 4) is 0 Å². The summed E-state index contributed by atoms with van der Waals surface area (Å²) in [6.07, 6.45) is 4.72. The van der Waals surface area contributed by atoms with Gasteiger partial charge in [0, 0.05) is 18.0 Å². The number of hydrogen-bond acceptors (Lipinski definition) is 1. The number of benzene rings is 1. The van der Waals surface area contributed by atoms with Gasteiger partial charge in [0.05, 0.1) is 0 Å². The Morgan fingerprint density at radius 3 is 2.70 bits per heavy atom. The van der Waals surface area contributed by atoms with Crippen molar-refractivity contribution in [3.63, 3.8) is 0 Å². The number of amides is 1. The maximum absolute atomic E-state index is 13.0. The Kier molecular flexibility index (Phi) is 5.41. The second-order valence-electron chi connectivity index (χ2n) is 5.63. The summed E-state index contributed by atoms with van der Waals surface area (Å²) in [5.41, 5.74) is 1.21. The first-order valence-electron chi connectivity index (χ1n) is 7.22. The smallest absolute Gasteiger partial charge is 0.251 e. The van der Waals surface area contributed by atoms with Gasteiger partial charge in [0.2, 0.25) is 0 Å². The van der Waals surface area contributed by atoms with E-state index in [1.54, 1.807) is 13.0 Å². The van der Waals surface area contributed by atoms with Crippen LogP contribution in [0.4, 0.5) is 4.39 Å². The SMILES string of the molecule is Cc1cc(F)ccc1C(=O)NCC1CCCCC1CCl. The molecule has 1 fully saturated rings. The van der Waals surface area contributed by atoms with Crippen molar-refractivity contribution in [1.82, 2.24) is 5.32 Å². The maximum atomic E-state index is 13.0. The second-order valence-corrected chi connectivity index (χ2v) is 5.94. The Bertz CT molecular complexity index is 478. The van der Waals surface area contributed by atoms with E-state index in [0.717, 1.165) is 12.8 Å². The van der Waals surface area contributed by atoms with E-state index in [4.69, 9.17) is 11.6 Å². The lowest BCUT2D eigenvalue weighted by Gasteiger charge is -2.30. The molecule has 1 aliphatic carbocycles. The van der Waals surface area contributed by atoms with Crippen molar-refractivity contribution in [1.29, 1.82) is 0 Å². The van der Waals surface area contributed by atoms with Crippen LogP contribution in [0.25, 0.3) is 0 Å². The van der Waals surface area contributed by atoms with Crippen LogP contribution in [0.3, 0.4) is 0 Å². The van der Waals surface area contributed by atoms with Crippen LogP contribution in [-0.4, -0.2) is 18.3 Å². The number of aryl methyl sites for hydroxylation is 1. The summed E-state index contributed by atoms with van der Waals surface area (Å²) in [5.74, 6) is 1.19. The zero-order chi connectivity index (χ0) is 14.5. The number of carbonyl (C=O) groups is 1. The number of hydrogen-bond donors (Lipinski definition) is 1. The minimum atomic E-state index is -0.312. The number of alkyl halides is 1. The van der Waals surface area contributed by atoms with Crippen molar-refractivity contribution in [2.75, 3.05) is 12.4 Å². The van der Waals surface area contributed by atoms with E-state index in [2.05, 4.69) is 5.32 Å². The average molecular weight is 298 g/mol. The number of nitrogens with one attached hydrogen (secondary N) is 1. The predicted molar refractivity (Wildman–Crippen MR) is 79.6 cm³/mol. The van der Waals surface area contributed by atoms with Gasteiger partial charge in [-0.05, 0) is 55.4 Å². The molecule has 0 spiro atoms. The molecular formula is C16H21ClFNO. The van der Waals surface area contributed by atoms with Crippen molar-refractivity contribution in [2.24, 2.45) is 11.8 Å². The van der Waals surface area contributed by atoms with Gasteiger partial charge >= 0.3 is 0 Å². The molecule has 2 atom stereocenters. The Morgan fingerprint density at radius 1 is 1.35 bits per heavy atom. The Balaban J connectivity index is 1.94. The van der Waals surface area contributed by atoms with E-state index in [1.165, 1.54) is 25.0 Å². The number of rotatable bonds is 4. The van der Waals surface area contributed by atoms with Crippen LogP contribution in [0, 0.1) is 24.6 Å². The summed E-state index contributed by atoms with van der Waals surface area (Å²) in [5, 5.41) is 2.97. The molecule has 2 rings (SSSR count). The van der Waals surface area contributed by atoms with Crippen LogP contribution in [0.15, 0.2) is 18.2 Å². The highest BCUT2D eigenvalue weighted by Gasteiger charge is 2.24. The molecule has 0 aromatic heterocycles. The molecule has 0 saturated heterocycles. The lowest BCUT2D eigenvalue weighted by Crippen LogP contribution is -2.35. The highest BCUT2D eigenvalue weighted by molar-refractivity contribution is 6.18. The summed E-state index contributed by atoms with van der Waals surface area (Å²) >= 11 is 6.00. The molecule has 1 saturated carbocycles. The van der Waals surface area contributed by atoms with E-state index in [-0.39, 0.29) is 11.7 Å². The summed E-state index contributed by atoms with van der Waals surface area (Å²) < 4.78 is 13.0. The molecule has 1 N–H and O–H groups in total. The van der Waals surface area contributed by atoms with Gasteiger partial charge in [-0.15, -0.1) is 11.6 Å². The molecule has 110 valence electrons. The molecule has 2 unspecified atom stereocenters. The van der Waals surface area contributed by atoms with Gasteiger partial charge in [-0.2, -0.15) is 0 Å². The monoisotopic (exact) mass is 297 g/mol. The predicted octanol–water partition coefficient (Wildman–Crippen LogP) is 3.91. The molecule has 2 nitrogen and oxygen atoms in total. The quantitative estimate of drug-likeness (QED) is 0.839. The molecule has 1 amide bonds. The number of halogens is 2. The third kappa shape index (κ3) is 3.72. The van der Waals surface area contributed by atoms with Gasteiger partial charge in [-0.25, -0.2) is 4.39 Å². The molecule has 0 aliphatic heterocycles. The fraction of sp³-hybridized carbons (Fsp3) is 0.562. The summed E-state index contributed by atoms with van der Waals surface area (Å²) in [7, 11) is 0. The molecule has 0 heterocycles. The summed E-state index contributed by atoms with van der Waals surface area (Å²) in [6.45, 7) is 2.41. The summed E-state index contributed by atoms with van der Waals surface area (Å²) in [4.78, 5) is 12.1. The van der Waals surface area contributed by atoms with Gasteiger partial charge < -0.3 is 5.32 Å². The van der Waals surface area contributed by atoms with Crippen LogP contribution in [0.5, 0.6) is 0 Å². The van der Waals surface area contributed by atoms with E-state index in [9.17, 15) is 9.18 Å². The lowest BCUT2D eigenvalue weighted by atomic mass is 9.80. The number of carbonyl (C=O) groups excluding carboxylic acids is 1. The van der Waals surface area contributed by atoms with Gasteiger partial charge in [0.25, 0.3) is 5.91 Å².